The van der Waals surface area contributed by atoms with Crippen molar-refractivity contribution in [2.45, 2.75) is 24.2 Å². The molecule has 0 atom stereocenters. The molecule has 1 aliphatic heterocycles. The van der Waals surface area contributed by atoms with E-state index in [1.807, 2.05) is 32.0 Å². The molecule has 1 aromatic heterocycles. The normalized spacial score (nSPS) is 16.1. The fourth-order valence-corrected chi connectivity index (χ4v) is 4.59. The van der Waals surface area contributed by atoms with Crippen molar-refractivity contribution in [3.63, 3.8) is 0 Å². The molecule has 1 saturated heterocycles. The van der Waals surface area contributed by atoms with Gasteiger partial charge in [0.05, 0.1) is 13.2 Å². The Labute approximate surface area is 170 Å². The highest BCUT2D eigenvalue weighted by molar-refractivity contribution is 7.89. The van der Waals surface area contributed by atoms with Crippen molar-refractivity contribution < 1.29 is 17.9 Å². The molecule has 152 valence electrons. The lowest BCUT2D eigenvalue weighted by Gasteiger charge is -2.26. The number of ether oxygens (including phenoxy) is 1. The molecule has 2 N–H and O–H groups in total. The molecule has 7 nitrogen and oxygen atoms in total. The average molecular weight is 426 g/mol. The van der Waals surface area contributed by atoms with Gasteiger partial charge in [-0.15, -0.1) is 0 Å². The third kappa shape index (κ3) is 4.57. The lowest BCUT2D eigenvalue weighted by Crippen LogP contribution is -2.40. The number of carbonyl (C=O) groups excluding carboxylic acids is 1. The molecule has 1 fully saturated rings. The van der Waals surface area contributed by atoms with Crippen LogP contribution >= 0.6 is 11.6 Å². The third-order valence-electron chi connectivity index (χ3n) is 4.81. The summed E-state index contributed by atoms with van der Waals surface area (Å²) in [4.78, 5) is 15.4. The van der Waals surface area contributed by atoms with Gasteiger partial charge in [0.15, 0.2) is 0 Å². The van der Waals surface area contributed by atoms with E-state index >= 15 is 0 Å². The summed E-state index contributed by atoms with van der Waals surface area (Å²) in [5.41, 5.74) is 0.867. The standard InChI is InChI=1S/C19H24ClN3O4S/c1-19(2,14-4-3-5-15(20)10-14)13-22-18(24)17-11-16(12-21-17)28(25,26)23-6-8-27-9-7-23/h3-5,10-12,21H,6-9,13H2,1-2H3,(H,22,24). The molecule has 0 saturated carbocycles. The summed E-state index contributed by atoms with van der Waals surface area (Å²) < 4.78 is 31.9. The molecule has 0 aliphatic carbocycles. The van der Waals surface area contributed by atoms with Crippen LogP contribution in [0.3, 0.4) is 0 Å². The predicted molar refractivity (Wildman–Crippen MR) is 107 cm³/mol. The molecule has 9 heteroatoms. The fourth-order valence-electron chi connectivity index (χ4n) is 3.00. The average Bonchev–Trinajstić information content (AvgIpc) is 3.18. The van der Waals surface area contributed by atoms with Crippen LogP contribution in [0.15, 0.2) is 41.4 Å². The van der Waals surface area contributed by atoms with Crippen LogP contribution in [-0.2, 0) is 20.2 Å². The lowest BCUT2D eigenvalue weighted by atomic mass is 9.84. The van der Waals surface area contributed by atoms with Gasteiger partial charge in [0.25, 0.3) is 5.91 Å². The smallest absolute Gasteiger partial charge is 0.267 e. The fraction of sp³-hybridized carbons (Fsp3) is 0.421. The summed E-state index contributed by atoms with van der Waals surface area (Å²) in [7, 11) is -3.64. The van der Waals surface area contributed by atoms with Crippen LogP contribution in [0.4, 0.5) is 0 Å². The van der Waals surface area contributed by atoms with Crippen LogP contribution in [0.5, 0.6) is 0 Å². The molecule has 1 aliphatic rings. The number of aromatic amines is 1. The zero-order chi connectivity index (χ0) is 20.4. The first kappa shape index (κ1) is 20.9. The van der Waals surface area contributed by atoms with Crippen molar-refractivity contribution in [2.75, 3.05) is 32.8 Å². The van der Waals surface area contributed by atoms with Crippen molar-refractivity contribution in [2.24, 2.45) is 0 Å². The van der Waals surface area contributed by atoms with Crippen LogP contribution in [0.25, 0.3) is 0 Å². The number of morpholine rings is 1. The molecule has 2 heterocycles. The van der Waals surface area contributed by atoms with Crippen molar-refractivity contribution in [1.29, 1.82) is 0 Å². The van der Waals surface area contributed by atoms with Crippen LogP contribution in [-0.4, -0.2) is 56.5 Å². The summed E-state index contributed by atoms with van der Waals surface area (Å²) in [6.45, 7) is 5.73. The molecule has 0 bridgehead atoms. The van der Waals surface area contributed by atoms with Gasteiger partial charge in [-0.1, -0.05) is 37.6 Å². The number of amides is 1. The number of H-pyrrole nitrogens is 1. The molecule has 0 radical (unpaired) electrons. The summed E-state index contributed by atoms with van der Waals surface area (Å²) in [5, 5.41) is 3.50. The first-order chi connectivity index (χ1) is 13.2. The van der Waals surface area contributed by atoms with E-state index in [0.29, 0.717) is 37.9 Å². The molecule has 28 heavy (non-hydrogen) atoms. The van der Waals surface area contributed by atoms with Gasteiger partial charge in [-0.25, -0.2) is 8.42 Å². The van der Waals surface area contributed by atoms with Crippen LogP contribution in [0.2, 0.25) is 5.02 Å². The Morgan fingerprint density at radius 3 is 2.68 bits per heavy atom. The molecule has 0 spiro atoms. The van der Waals surface area contributed by atoms with E-state index in [2.05, 4.69) is 10.3 Å². The second kappa shape index (κ2) is 8.24. The summed E-state index contributed by atoms with van der Waals surface area (Å²) in [6, 6.07) is 8.87. The first-order valence-electron chi connectivity index (χ1n) is 9.01. The molecule has 1 amide bonds. The van der Waals surface area contributed by atoms with E-state index in [-0.39, 0.29) is 21.9 Å². The predicted octanol–water partition coefficient (Wildman–Crippen LogP) is 2.40. The monoisotopic (exact) mass is 425 g/mol. The topological polar surface area (TPSA) is 91.5 Å². The summed E-state index contributed by atoms with van der Waals surface area (Å²) >= 11 is 6.06. The number of carbonyl (C=O) groups is 1. The van der Waals surface area contributed by atoms with E-state index in [9.17, 15) is 13.2 Å². The van der Waals surface area contributed by atoms with Gasteiger partial charge in [0, 0.05) is 36.3 Å². The molecule has 2 aromatic rings. The van der Waals surface area contributed by atoms with Gasteiger partial charge < -0.3 is 15.0 Å². The minimum atomic E-state index is -3.64. The largest absolute Gasteiger partial charge is 0.379 e. The van der Waals surface area contributed by atoms with Gasteiger partial charge in [-0.05, 0) is 23.8 Å². The highest BCUT2D eigenvalue weighted by Crippen LogP contribution is 2.25. The van der Waals surface area contributed by atoms with E-state index in [4.69, 9.17) is 16.3 Å². The van der Waals surface area contributed by atoms with Crippen molar-refractivity contribution in [3.8, 4) is 0 Å². The van der Waals surface area contributed by atoms with Gasteiger partial charge in [-0.3, -0.25) is 4.79 Å². The van der Waals surface area contributed by atoms with Crippen molar-refractivity contribution in [3.05, 3.63) is 52.8 Å². The number of sulfonamides is 1. The van der Waals surface area contributed by atoms with Crippen LogP contribution < -0.4 is 5.32 Å². The van der Waals surface area contributed by atoms with Gasteiger partial charge >= 0.3 is 0 Å². The number of nitrogens with one attached hydrogen (secondary N) is 2. The maximum atomic E-state index is 12.7. The Bertz CT molecular complexity index is 950. The second-order valence-corrected chi connectivity index (χ2v) is 9.72. The number of hydrogen-bond acceptors (Lipinski definition) is 4. The quantitative estimate of drug-likeness (QED) is 0.743. The Kier molecular flexibility index (Phi) is 6.14. The highest BCUT2D eigenvalue weighted by Gasteiger charge is 2.28. The Morgan fingerprint density at radius 1 is 1.29 bits per heavy atom. The minimum absolute atomic E-state index is 0.0775. The lowest BCUT2D eigenvalue weighted by molar-refractivity contribution is 0.0730. The molecule has 0 unspecified atom stereocenters. The highest BCUT2D eigenvalue weighted by atomic mass is 35.5. The first-order valence-corrected chi connectivity index (χ1v) is 10.8. The maximum absolute atomic E-state index is 12.7. The maximum Gasteiger partial charge on any atom is 0.267 e. The molecular weight excluding hydrogens is 402 g/mol. The Hall–Kier alpha value is -1.87. The minimum Gasteiger partial charge on any atom is -0.379 e. The van der Waals surface area contributed by atoms with E-state index < -0.39 is 10.0 Å². The summed E-state index contributed by atoms with van der Waals surface area (Å²) in [6.07, 6.45) is 1.35. The van der Waals surface area contributed by atoms with E-state index in [1.165, 1.54) is 16.6 Å². The number of benzene rings is 1. The Morgan fingerprint density at radius 2 is 2.00 bits per heavy atom. The number of aromatic nitrogens is 1. The third-order valence-corrected chi connectivity index (χ3v) is 6.92. The Balaban J connectivity index is 1.67. The van der Waals surface area contributed by atoms with Crippen molar-refractivity contribution >= 4 is 27.5 Å². The zero-order valence-electron chi connectivity index (χ0n) is 15.9. The zero-order valence-corrected chi connectivity index (χ0v) is 17.4. The van der Waals surface area contributed by atoms with E-state index in [1.54, 1.807) is 6.07 Å². The van der Waals surface area contributed by atoms with Gasteiger partial charge in [0.1, 0.15) is 10.6 Å². The number of halogens is 1. The van der Waals surface area contributed by atoms with Gasteiger partial charge in [0.2, 0.25) is 10.0 Å². The molecule has 1 aromatic carbocycles. The second-order valence-electron chi connectivity index (χ2n) is 7.34. The molecule has 3 rings (SSSR count). The van der Waals surface area contributed by atoms with E-state index in [0.717, 1.165) is 5.56 Å². The van der Waals surface area contributed by atoms with Crippen LogP contribution in [0, 0.1) is 0 Å². The summed E-state index contributed by atoms with van der Waals surface area (Å²) in [5.74, 6) is -0.362. The van der Waals surface area contributed by atoms with Gasteiger partial charge in [-0.2, -0.15) is 4.31 Å². The SMILES string of the molecule is CC(C)(CNC(=O)c1cc(S(=O)(=O)N2CCOCC2)c[nH]1)c1cccc(Cl)c1. The van der Waals surface area contributed by atoms with Crippen LogP contribution in [0.1, 0.15) is 29.9 Å². The number of nitrogens with zero attached hydrogens (tertiary/aromatic N) is 1. The number of rotatable bonds is 6. The number of hydrogen-bond donors (Lipinski definition) is 2. The molecular formula is C19H24ClN3O4S. The van der Waals surface area contributed by atoms with Crippen molar-refractivity contribution in [1.82, 2.24) is 14.6 Å².